The maximum absolute atomic E-state index is 10.5. The van der Waals surface area contributed by atoms with E-state index in [-0.39, 0.29) is 0 Å². The highest BCUT2D eigenvalue weighted by atomic mass is 16.5. The van der Waals surface area contributed by atoms with Crippen LogP contribution in [0.3, 0.4) is 0 Å². The van der Waals surface area contributed by atoms with Crippen LogP contribution in [-0.2, 0) is 0 Å². The lowest BCUT2D eigenvalue weighted by molar-refractivity contribution is -0.160. The molecule has 0 aliphatic carbocycles. The van der Waals surface area contributed by atoms with Gasteiger partial charge in [0.2, 0.25) is 0 Å². The molecule has 0 bridgehead atoms. The first-order valence-electron chi connectivity index (χ1n) is 6.73. The predicted molar refractivity (Wildman–Crippen MR) is 77.7 cm³/mol. The van der Waals surface area contributed by atoms with Gasteiger partial charge in [0.1, 0.15) is 11.5 Å². The van der Waals surface area contributed by atoms with Gasteiger partial charge in [0.15, 0.2) is 6.17 Å². The standard InChI is InChI=1S/C15H22N2O3/c1-6-13-15(2,3)17(18)14(16-13)11-8-7-10(19-4)9-12(11)20-5/h7-9,14,18H,6H2,1-5H3/t14-/m0/s1. The highest BCUT2D eigenvalue weighted by Gasteiger charge is 2.42. The van der Waals surface area contributed by atoms with Gasteiger partial charge in [0.25, 0.3) is 0 Å². The van der Waals surface area contributed by atoms with Gasteiger partial charge < -0.3 is 14.7 Å². The van der Waals surface area contributed by atoms with Crippen molar-refractivity contribution >= 4 is 5.71 Å². The Hall–Kier alpha value is -1.59. The third-order valence-corrected chi connectivity index (χ3v) is 3.84. The Bertz CT molecular complexity index is 526. The molecule has 0 aromatic heterocycles. The second-order valence-corrected chi connectivity index (χ2v) is 5.31. The van der Waals surface area contributed by atoms with Crippen molar-refractivity contribution in [1.29, 1.82) is 0 Å². The van der Waals surface area contributed by atoms with E-state index in [0.717, 1.165) is 17.7 Å². The Balaban J connectivity index is 2.44. The molecule has 1 N–H and O–H groups in total. The molecule has 1 aromatic carbocycles. The first-order valence-corrected chi connectivity index (χ1v) is 6.73. The van der Waals surface area contributed by atoms with E-state index in [9.17, 15) is 5.21 Å². The van der Waals surface area contributed by atoms with E-state index in [0.29, 0.717) is 11.5 Å². The van der Waals surface area contributed by atoms with Crippen molar-refractivity contribution in [2.45, 2.75) is 38.9 Å². The van der Waals surface area contributed by atoms with Crippen LogP contribution in [0.25, 0.3) is 0 Å². The highest BCUT2D eigenvalue weighted by Crippen LogP contribution is 2.40. The van der Waals surface area contributed by atoms with Crippen LogP contribution >= 0.6 is 0 Å². The van der Waals surface area contributed by atoms with E-state index in [2.05, 4.69) is 4.99 Å². The third kappa shape index (κ3) is 2.27. The van der Waals surface area contributed by atoms with E-state index in [1.807, 2.05) is 32.9 Å². The van der Waals surface area contributed by atoms with Gasteiger partial charge >= 0.3 is 0 Å². The van der Waals surface area contributed by atoms with Crippen molar-refractivity contribution in [3.05, 3.63) is 23.8 Å². The van der Waals surface area contributed by atoms with Crippen LogP contribution in [0.4, 0.5) is 0 Å². The van der Waals surface area contributed by atoms with Crippen LogP contribution in [0, 0.1) is 0 Å². The fourth-order valence-corrected chi connectivity index (χ4v) is 2.56. The summed E-state index contributed by atoms with van der Waals surface area (Å²) in [6.45, 7) is 5.97. The highest BCUT2D eigenvalue weighted by molar-refractivity contribution is 5.94. The quantitative estimate of drug-likeness (QED) is 0.919. The molecule has 0 saturated carbocycles. The average molecular weight is 278 g/mol. The Morgan fingerprint density at radius 2 is 2.00 bits per heavy atom. The molecule has 20 heavy (non-hydrogen) atoms. The van der Waals surface area contributed by atoms with Crippen molar-refractivity contribution < 1.29 is 14.7 Å². The molecule has 1 aliphatic rings. The van der Waals surface area contributed by atoms with Crippen LogP contribution in [0.5, 0.6) is 11.5 Å². The minimum absolute atomic E-state index is 0.444. The first kappa shape index (κ1) is 14.8. The molecule has 0 amide bonds. The Morgan fingerprint density at radius 3 is 2.50 bits per heavy atom. The van der Waals surface area contributed by atoms with Gasteiger partial charge in [-0.3, -0.25) is 4.99 Å². The normalized spacial score (nSPS) is 21.7. The number of nitrogens with zero attached hydrogens (tertiary/aromatic N) is 2. The van der Waals surface area contributed by atoms with Gasteiger partial charge in [-0.1, -0.05) is 6.92 Å². The SMILES string of the molecule is CCC1=N[C@H](c2ccc(OC)cc2OC)N(O)C1(C)C. The molecular weight excluding hydrogens is 256 g/mol. The second kappa shape index (κ2) is 5.42. The predicted octanol–water partition coefficient (Wildman–Crippen LogP) is 3.04. The van der Waals surface area contributed by atoms with Crippen LogP contribution < -0.4 is 9.47 Å². The van der Waals surface area contributed by atoms with E-state index in [1.54, 1.807) is 20.3 Å². The average Bonchev–Trinajstić information content (AvgIpc) is 2.69. The van der Waals surface area contributed by atoms with Crippen LogP contribution in [0.1, 0.15) is 38.9 Å². The van der Waals surface area contributed by atoms with Gasteiger partial charge in [0.05, 0.1) is 19.8 Å². The van der Waals surface area contributed by atoms with Gasteiger partial charge in [-0.15, -0.1) is 0 Å². The monoisotopic (exact) mass is 278 g/mol. The topological polar surface area (TPSA) is 54.3 Å². The zero-order chi connectivity index (χ0) is 14.9. The molecule has 1 heterocycles. The molecule has 0 radical (unpaired) electrons. The molecular formula is C15H22N2O3. The summed E-state index contributed by atoms with van der Waals surface area (Å²) in [6, 6.07) is 5.53. The lowest BCUT2D eigenvalue weighted by Crippen LogP contribution is -2.43. The maximum Gasteiger partial charge on any atom is 0.154 e. The number of methoxy groups -OCH3 is 2. The van der Waals surface area contributed by atoms with Crippen molar-refractivity contribution in [1.82, 2.24) is 5.06 Å². The largest absolute Gasteiger partial charge is 0.497 e. The summed E-state index contributed by atoms with van der Waals surface area (Å²) in [5.41, 5.74) is 1.33. The number of benzene rings is 1. The maximum atomic E-state index is 10.5. The Labute approximate surface area is 119 Å². The molecule has 1 aromatic rings. The second-order valence-electron chi connectivity index (χ2n) is 5.31. The molecule has 0 unspecified atom stereocenters. The molecule has 0 fully saturated rings. The number of aliphatic imine (C=N–C) groups is 1. The summed E-state index contributed by atoms with van der Waals surface area (Å²) in [5, 5.41) is 11.7. The molecule has 1 atom stereocenters. The van der Waals surface area contributed by atoms with E-state index in [1.165, 1.54) is 5.06 Å². The van der Waals surface area contributed by atoms with Gasteiger partial charge in [-0.2, -0.15) is 5.06 Å². The van der Waals surface area contributed by atoms with Gasteiger partial charge in [-0.05, 0) is 32.4 Å². The van der Waals surface area contributed by atoms with E-state index >= 15 is 0 Å². The zero-order valence-corrected chi connectivity index (χ0v) is 12.7. The van der Waals surface area contributed by atoms with Gasteiger partial charge in [-0.25, -0.2) is 0 Å². The van der Waals surface area contributed by atoms with Crippen LogP contribution in [-0.4, -0.2) is 35.7 Å². The van der Waals surface area contributed by atoms with Crippen LogP contribution in [0.2, 0.25) is 0 Å². The van der Waals surface area contributed by atoms with Crippen LogP contribution in [0.15, 0.2) is 23.2 Å². The summed E-state index contributed by atoms with van der Waals surface area (Å²) < 4.78 is 10.6. The summed E-state index contributed by atoms with van der Waals surface area (Å²) >= 11 is 0. The summed E-state index contributed by atoms with van der Waals surface area (Å²) in [4.78, 5) is 4.65. The molecule has 1 aliphatic heterocycles. The number of hydrogen-bond acceptors (Lipinski definition) is 5. The summed E-state index contributed by atoms with van der Waals surface area (Å²) in [7, 11) is 3.21. The summed E-state index contributed by atoms with van der Waals surface area (Å²) in [6.07, 6.45) is 0.361. The Morgan fingerprint density at radius 1 is 1.30 bits per heavy atom. The molecule has 2 rings (SSSR count). The lowest BCUT2D eigenvalue weighted by atomic mass is 9.97. The van der Waals surface area contributed by atoms with E-state index < -0.39 is 11.7 Å². The Kier molecular flexibility index (Phi) is 4.01. The summed E-state index contributed by atoms with van der Waals surface area (Å²) in [5.74, 6) is 1.37. The first-order chi connectivity index (χ1) is 9.45. The smallest absolute Gasteiger partial charge is 0.154 e. The third-order valence-electron chi connectivity index (χ3n) is 3.84. The minimum Gasteiger partial charge on any atom is -0.497 e. The molecule has 110 valence electrons. The number of rotatable bonds is 4. The zero-order valence-electron chi connectivity index (χ0n) is 12.7. The molecule has 5 nitrogen and oxygen atoms in total. The van der Waals surface area contributed by atoms with Crippen molar-refractivity contribution in [3.8, 4) is 11.5 Å². The van der Waals surface area contributed by atoms with Crippen molar-refractivity contribution in [2.75, 3.05) is 14.2 Å². The lowest BCUT2D eigenvalue weighted by Gasteiger charge is -2.30. The molecule has 0 saturated heterocycles. The number of hydrogen-bond donors (Lipinski definition) is 1. The number of ether oxygens (including phenoxy) is 2. The van der Waals surface area contributed by atoms with E-state index in [4.69, 9.17) is 9.47 Å². The van der Waals surface area contributed by atoms with Crippen molar-refractivity contribution in [2.24, 2.45) is 4.99 Å². The molecule has 0 spiro atoms. The number of hydroxylamine groups is 2. The van der Waals surface area contributed by atoms with Gasteiger partial charge in [0, 0.05) is 17.3 Å². The van der Waals surface area contributed by atoms with Crippen molar-refractivity contribution in [3.63, 3.8) is 0 Å². The fourth-order valence-electron chi connectivity index (χ4n) is 2.56. The molecule has 5 heteroatoms. The minimum atomic E-state index is -0.468. The fraction of sp³-hybridized carbons (Fsp3) is 0.533.